The summed E-state index contributed by atoms with van der Waals surface area (Å²) in [4.78, 5) is 45.0. The molecule has 1 aliphatic rings. The van der Waals surface area contributed by atoms with Crippen molar-refractivity contribution in [3.63, 3.8) is 0 Å². The average Bonchev–Trinajstić information content (AvgIpc) is 2.31. The Kier molecular flexibility index (Phi) is 5.13. The van der Waals surface area contributed by atoms with E-state index in [2.05, 4.69) is 9.47 Å². The van der Waals surface area contributed by atoms with Crippen molar-refractivity contribution in [3.8, 4) is 0 Å². The molecule has 8 heteroatoms. The zero-order valence-electron chi connectivity index (χ0n) is 10.3. The van der Waals surface area contributed by atoms with Crippen LogP contribution in [0.4, 0.5) is 0 Å². The van der Waals surface area contributed by atoms with Crippen molar-refractivity contribution in [3.05, 3.63) is 0 Å². The normalized spacial score (nSPS) is 22.6. The third-order valence-corrected chi connectivity index (χ3v) is 2.58. The summed E-state index contributed by atoms with van der Waals surface area (Å²) >= 11 is 0. The van der Waals surface area contributed by atoms with Gasteiger partial charge in [-0.3, -0.25) is 19.2 Å². The third kappa shape index (κ3) is 6.07. The van der Waals surface area contributed by atoms with Gasteiger partial charge in [0, 0.05) is 12.8 Å². The Morgan fingerprint density at radius 3 is 1.37 bits per heavy atom. The Labute approximate surface area is 109 Å². The number of hydrogen-bond acceptors (Lipinski definition) is 8. The molecule has 1 fully saturated rings. The van der Waals surface area contributed by atoms with E-state index in [0.29, 0.717) is 0 Å². The predicted molar refractivity (Wildman–Crippen MR) is 61.0 cm³/mol. The first-order valence-electron chi connectivity index (χ1n) is 5.83. The van der Waals surface area contributed by atoms with Crippen molar-refractivity contribution in [1.82, 2.24) is 0 Å². The maximum Gasteiger partial charge on any atom is 0.314 e. The minimum atomic E-state index is -1.27. The van der Waals surface area contributed by atoms with Crippen LogP contribution in [0.1, 0.15) is 38.5 Å². The lowest BCUT2D eigenvalue weighted by Gasteiger charge is -2.23. The lowest BCUT2D eigenvalue weighted by atomic mass is 10.00. The molecule has 0 unspecified atom stereocenters. The Morgan fingerprint density at radius 2 is 1.00 bits per heavy atom. The number of nitrogens with two attached hydrogens (primary N) is 2. The maximum absolute atomic E-state index is 11.3. The fraction of sp³-hybridized carbons (Fsp3) is 0.636. The van der Waals surface area contributed by atoms with Gasteiger partial charge in [0.15, 0.2) is 0 Å². The summed E-state index contributed by atoms with van der Waals surface area (Å²) in [5.74, 6) is -3.23. The van der Waals surface area contributed by atoms with Crippen LogP contribution in [0.25, 0.3) is 0 Å². The van der Waals surface area contributed by atoms with Gasteiger partial charge in [-0.05, 0) is 12.8 Å². The van der Waals surface area contributed by atoms with E-state index >= 15 is 0 Å². The Morgan fingerprint density at radius 1 is 0.684 bits per heavy atom. The molecular formula is C11H16N2O6. The smallest absolute Gasteiger partial charge is 0.314 e. The van der Waals surface area contributed by atoms with Crippen LogP contribution in [0.15, 0.2) is 0 Å². The van der Waals surface area contributed by atoms with Crippen LogP contribution in [0.5, 0.6) is 0 Å². The molecule has 0 aliphatic carbocycles. The SMILES string of the molecule is NC1(N)CCC(=O)OC(=O)CCC(=O)OC(=O)CC1. The fourth-order valence-electron chi connectivity index (χ4n) is 1.46. The monoisotopic (exact) mass is 272 g/mol. The van der Waals surface area contributed by atoms with Crippen molar-refractivity contribution in [2.45, 2.75) is 44.2 Å². The summed E-state index contributed by atoms with van der Waals surface area (Å²) in [6.07, 6.45) is -0.813. The van der Waals surface area contributed by atoms with E-state index in [-0.39, 0.29) is 38.5 Å². The minimum Gasteiger partial charge on any atom is -0.393 e. The lowest BCUT2D eigenvalue weighted by Crippen LogP contribution is -2.50. The second-order valence-corrected chi connectivity index (χ2v) is 4.43. The zero-order valence-corrected chi connectivity index (χ0v) is 10.3. The van der Waals surface area contributed by atoms with Crippen LogP contribution in [-0.4, -0.2) is 29.5 Å². The molecule has 0 spiro atoms. The number of ether oxygens (including phenoxy) is 2. The minimum absolute atomic E-state index is 0.0559. The van der Waals surface area contributed by atoms with E-state index in [1.54, 1.807) is 0 Å². The average molecular weight is 272 g/mol. The molecule has 0 radical (unpaired) electrons. The van der Waals surface area contributed by atoms with Crippen molar-refractivity contribution < 1.29 is 28.7 Å². The van der Waals surface area contributed by atoms with Gasteiger partial charge < -0.3 is 20.9 Å². The first kappa shape index (κ1) is 15.3. The Balaban J connectivity index is 2.71. The summed E-state index contributed by atoms with van der Waals surface area (Å²) in [5.41, 5.74) is 10.1. The molecule has 4 N–H and O–H groups in total. The van der Waals surface area contributed by atoms with Crippen LogP contribution in [-0.2, 0) is 28.7 Å². The fourth-order valence-corrected chi connectivity index (χ4v) is 1.46. The molecule has 1 saturated heterocycles. The summed E-state index contributed by atoms with van der Waals surface area (Å²) in [6.45, 7) is 0. The molecule has 1 heterocycles. The van der Waals surface area contributed by atoms with Crippen LogP contribution in [0.3, 0.4) is 0 Å². The second kappa shape index (κ2) is 6.39. The molecule has 0 aromatic carbocycles. The van der Waals surface area contributed by atoms with E-state index in [1.807, 2.05) is 0 Å². The molecule has 0 atom stereocenters. The molecule has 1 rings (SSSR count). The first-order valence-corrected chi connectivity index (χ1v) is 5.83. The van der Waals surface area contributed by atoms with Crippen LogP contribution >= 0.6 is 0 Å². The summed E-state index contributed by atoms with van der Waals surface area (Å²) in [6, 6.07) is 0. The van der Waals surface area contributed by atoms with Gasteiger partial charge in [-0.25, -0.2) is 0 Å². The molecule has 0 aromatic heterocycles. The molecule has 0 bridgehead atoms. The molecule has 8 nitrogen and oxygen atoms in total. The number of carbonyl (C=O) groups is 4. The summed E-state index contributed by atoms with van der Waals surface area (Å²) in [5, 5.41) is 0. The Hall–Kier alpha value is -1.80. The predicted octanol–water partition coefficient (Wildman–Crippen LogP) is -0.906. The quantitative estimate of drug-likeness (QED) is 0.328. The van der Waals surface area contributed by atoms with Gasteiger partial charge in [0.25, 0.3) is 0 Å². The molecule has 1 aliphatic heterocycles. The molecule has 0 amide bonds. The topological polar surface area (TPSA) is 139 Å². The highest BCUT2D eigenvalue weighted by molar-refractivity contribution is 5.90. The lowest BCUT2D eigenvalue weighted by molar-refractivity contribution is -0.164. The van der Waals surface area contributed by atoms with Gasteiger partial charge in [0.05, 0.1) is 18.5 Å². The summed E-state index contributed by atoms with van der Waals surface area (Å²) in [7, 11) is 0. The molecule has 0 saturated carbocycles. The number of cyclic esters (lactones) is 4. The molecule has 0 aromatic rings. The highest BCUT2D eigenvalue weighted by Crippen LogP contribution is 2.13. The zero-order chi connectivity index (χ0) is 14.5. The molecule has 106 valence electrons. The maximum atomic E-state index is 11.3. The summed E-state index contributed by atoms with van der Waals surface area (Å²) < 4.78 is 8.90. The van der Waals surface area contributed by atoms with Crippen LogP contribution < -0.4 is 11.5 Å². The third-order valence-electron chi connectivity index (χ3n) is 2.58. The molecule has 19 heavy (non-hydrogen) atoms. The van der Waals surface area contributed by atoms with Gasteiger partial charge in [-0.2, -0.15) is 0 Å². The van der Waals surface area contributed by atoms with Crippen molar-refractivity contribution >= 4 is 23.9 Å². The largest absolute Gasteiger partial charge is 0.393 e. The van der Waals surface area contributed by atoms with E-state index in [1.165, 1.54) is 0 Å². The van der Waals surface area contributed by atoms with Gasteiger partial charge in [-0.1, -0.05) is 0 Å². The van der Waals surface area contributed by atoms with Crippen molar-refractivity contribution in [1.29, 1.82) is 0 Å². The number of carbonyl (C=O) groups excluding carboxylic acids is 4. The first-order chi connectivity index (χ1) is 8.78. The highest BCUT2D eigenvalue weighted by atomic mass is 16.6. The second-order valence-electron chi connectivity index (χ2n) is 4.43. The van der Waals surface area contributed by atoms with Crippen molar-refractivity contribution in [2.75, 3.05) is 0 Å². The standard InChI is InChI=1S/C11H16N2O6/c12-11(13)5-3-9(16)18-7(14)1-2-8(15)19-10(17)4-6-11/h1-6,12-13H2. The highest BCUT2D eigenvalue weighted by Gasteiger charge is 2.25. The number of hydrogen-bond donors (Lipinski definition) is 2. The van der Waals surface area contributed by atoms with Gasteiger partial charge in [0.2, 0.25) is 0 Å². The van der Waals surface area contributed by atoms with Crippen LogP contribution in [0.2, 0.25) is 0 Å². The van der Waals surface area contributed by atoms with Gasteiger partial charge in [0.1, 0.15) is 0 Å². The van der Waals surface area contributed by atoms with E-state index in [4.69, 9.17) is 11.5 Å². The van der Waals surface area contributed by atoms with E-state index < -0.39 is 29.5 Å². The van der Waals surface area contributed by atoms with Crippen LogP contribution in [0, 0.1) is 0 Å². The number of rotatable bonds is 0. The van der Waals surface area contributed by atoms with E-state index in [9.17, 15) is 19.2 Å². The number of esters is 4. The Bertz CT molecular complexity index is 368. The van der Waals surface area contributed by atoms with Crippen molar-refractivity contribution in [2.24, 2.45) is 11.5 Å². The van der Waals surface area contributed by atoms with E-state index in [0.717, 1.165) is 0 Å². The van der Waals surface area contributed by atoms with Gasteiger partial charge >= 0.3 is 23.9 Å². The van der Waals surface area contributed by atoms with Gasteiger partial charge in [-0.15, -0.1) is 0 Å². The molecular weight excluding hydrogens is 256 g/mol.